The van der Waals surface area contributed by atoms with Crippen LogP contribution in [-0.4, -0.2) is 4.57 Å². The van der Waals surface area contributed by atoms with Crippen LogP contribution in [0.1, 0.15) is 43.6 Å². The van der Waals surface area contributed by atoms with Gasteiger partial charge in [-0.1, -0.05) is 55.5 Å². The number of furan rings is 1. The maximum atomic E-state index is 6.05. The molecule has 0 radical (unpaired) electrons. The van der Waals surface area contributed by atoms with Crippen LogP contribution in [0.2, 0.25) is 0 Å². The summed E-state index contributed by atoms with van der Waals surface area (Å²) in [7, 11) is 0. The van der Waals surface area contributed by atoms with Crippen LogP contribution in [-0.2, 0) is 11.8 Å². The van der Waals surface area contributed by atoms with Crippen LogP contribution in [0.5, 0.6) is 0 Å². The van der Waals surface area contributed by atoms with Crippen molar-refractivity contribution in [3.05, 3.63) is 89.6 Å². The Morgan fingerprint density at radius 2 is 1.60 bits per heavy atom. The molecule has 3 aromatic carbocycles. The average molecular weight is 392 g/mol. The van der Waals surface area contributed by atoms with Crippen molar-refractivity contribution in [1.29, 1.82) is 0 Å². The van der Waals surface area contributed by atoms with Gasteiger partial charge >= 0.3 is 0 Å². The Balaban J connectivity index is 1.53. The Morgan fingerprint density at radius 1 is 0.867 bits per heavy atom. The van der Waals surface area contributed by atoms with Crippen LogP contribution in [0.3, 0.4) is 0 Å². The summed E-state index contributed by atoms with van der Waals surface area (Å²) in [5, 5.41) is 3.77. The summed E-state index contributed by atoms with van der Waals surface area (Å²) in [4.78, 5) is 0. The highest BCUT2D eigenvalue weighted by Crippen LogP contribution is 2.42. The third-order valence-corrected chi connectivity index (χ3v) is 6.76. The largest absolute Gasteiger partial charge is 0.456 e. The quantitative estimate of drug-likeness (QED) is 0.302. The van der Waals surface area contributed by atoms with Crippen LogP contribution in [0.15, 0.2) is 77.2 Å². The van der Waals surface area contributed by atoms with E-state index in [1.165, 1.54) is 38.5 Å². The first kappa shape index (κ1) is 17.6. The molecule has 6 rings (SSSR count). The van der Waals surface area contributed by atoms with Crippen molar-refractivity contribution in [2.75, 3.05) is 0 Å². The molecular formula is C28H25NO. The van der Waals surface area contributed by atoms with E-state index in [-0.39, 0.29) is 5.41 Å². The first-order valence-electron chi connectivity index (χ1n) is 10.8. The topological polar surface area (TPSA) is 18.1 Å². The number of nitrogens with zero attached hydrogens (tertiary/aromatic N) is 1. The van der Waals surface area contributed by atoms with E-state index in [4.69, 9.17) is 4.42 Å². The van der Waals surface area contributed by atoms with Crippen LogP contribution in [0, 0.1) is 0 Å². The number of hydrogen-bond donors (Lipinski definition) is 0. The maximum absolute atomic E-state index is 6.05. The van der Waals surface area contributed by atoms with Crippen LogP contribution in [0.4, 0.5) is 0 Å². The molecule has 0 saturated heterocycles. The van der Waals surface area contributed by atoms with Gasteiger partial charge in [0, 0.05) is 38.8 Å². The molecule has 0 bridgehead atoms. The second-order valence-electron chi connectivity index (χ2n) is 9.08. The predicted octanol–water partition coefficient (Wildman–Crippen LogP) is 7.65. The van der Waals surface area contributed by atoms with Gasteiger partial charge in [0.25, 0.3) is 0 Å². The Hall–Kier alpha value is -3.26. The van der Waals surface area contributed by atoms with Crippen molar-refractivity contribution in [1.82, 2.24) is 4.57 Å². The molecule has 0 aliphatic heterocycles. The lowest BCUT2D eigenvalue weighted by molar-refractivity contribution is 0.572. The van der Waals surface area contributed by atoms with E-state index in [1.807, 2.05) is 12.1 Å². The number of aromatic nitrogens is 1. The lowest BCUT2D eigenvalue weighted by atomic mass is 9.73. The highest BCUT2D eigenvalue weighted by atomic mass is 16.3. The van der Waals surface area contributed by atoms with Gasteiger partial charge in [-0.3, -0.25) is 0 Å². The molecule has 1 unspecified atom stereocenters. The Kier molecular flexibility index (Phi) is 3.59. The lowest BCUT2D eigenvalue weighted by Gasteiger charge is -2.31. The van der Waals surface area contributed by atoms with Gasteiger partial charge in [-0.25, -0.2) is 0 Å². The number of para-hydroxylation sites is 2. The minimum Gasteiger partial charge on any atom is -0.456 e. The van der Waals surface area contributed by atoms with Gasteiger partial charge in [-0.05, 0) is 61.7 Å². The molecule has 2 heteroatoms. The predicted molar refractivity (Wildman–Crippen MR) is 126 cm³/mol. The van der Waals surface area contributed by atoms with Crippen molar-refractivity contribution in [3.63, 3.8) is 0 Å². The summed E-state index contributed by atoms with van der Waals surface area (Å²) < 4.78 is 8.53. The third-order valence-electron chi connectivity index (χ3n) is 6.76. The van der Waals surface area contributed by atoms with E-state index >= 15 is 0 Å². The molecular weight excluding hydrogens is 366 g/mol. The molecule has 1 aliphatic rings. The molecule has 0 spiro atoms. The molecule has 5 aromatic rings. The standard InChI is InChI=1S/C28H25NO/c1-18(2)29-24-10-6-4-8-20(24)23-17-28(3,15-14-25(23)29)19-12-13-27-22(16-19)21-9-5-7-11-26(21)30-27/h4-16,18H,17H2,1-3H3. The molecule has 1 aliphatic carbocycles. The minimum atomic E-state index is -0.0501. The highest BCUT2D eigenvalue weighted by Gasteiger charge is 2.32. The van der Waals surface area contributed by atoms with Gasteiger partial charge in [-0.2, -0.15) is 0 Å². The average Bonchev–Trinajstić information content (AvgIpc) is 3.28. The zero-order valence-electron chi connectivity index (χ0n) is 17.6. The molecule has 148 valence electrons. The zero-order chi connectivity index (χ0) is 20.5. The van der Waals surface area contributed by atoms with Crippen molar-refractivity contribution in [3.8, 4) is 0 Å². The van der Waals surface area contributed by atoms with Crippen LogP contribution in [0.25, 0.3) is 38.9 Å². The zero-order valence-corrected chi connectivity index (χ0v) is 17.6. The molecule has 0 amide bonds. The van der Waals surface area contributed by atoms with Gasteiger partial charge in [-0.15, -0.1) is 0 Å². The van der Waals surface area contributed by atoms with E-state index < -0.39 is 0 Å². The summed E-state index contributed by atoms with van der Waals surface area (Å²) in [6.07, 6.45) is 5.74. The number of allylic oxidation sites excluding steroid dienone is 1. The molecule has 2 aromatic heterocycles. The fraction of sp³-hybridized carbons (Fsp3) is 0.214. The van der Waals surface area contributed by atoms with Crippen LogP contribution >= 0.6 is 0 Å². The second kappa shape index (κ2) is 6.12. The van der Waals surface area contributed by atoms with Gasteiger partial charge < -0.3 is 8.98 Å². The normalized spacial score (nSPS) is 18.7. The molecule has 2 heterocycles. The first-order chi connectivity index (χ1) is 14.5. The fourth-order valence-corrected chi connectivity index (χ4v) is 5.24. The van der Waals surface area contributed by atoms with E-state index in [9.17, 15) is 0 Å². The van der Waals surface area contributed by atoms with Crippen molar-refractivity contribution in [2.24, 2.45) is 0 Å². The third kappa shape index (κ3) is 2.37. The number of hydrogen-bond acceptors (Lipinski definition) is 1. The number of fused-ring (bicyclic) bond motifs is 6. The number of benzene rings is 3. The molecule has 1 atom stereocenters. The van der Waals surface area contributed by atoms with E-state index in [1.54, 1.807) is 0 Å². The Morgan fingerprint density at radius 3 is 2.43 bits per heavy atom. The van der Waals surface area contributed by atoms with E-state index in [0.29, 0.717) is 6.04 Å². The van der Waals surface area contributed by atoms with E-state index in [2.05, 4.69) is 92.1 Å². The van der Waals surface area contributed by atoms with Crippen molar-refractivity contribution >= 4 is 38.9 Å². The molecule has 30 heavy (non-hydrogen) atoms. The highest BCUT2D eigenvalue weighted by molar-refractivity contribution is 6.05. The van der Waals surface area contributed by atoms with Crippen molar-refractivity contribution in [2.45, 2.75) is 38.6 Å². The first-order valence-corrected chi connectivity index (χ1v) is 10.8. The van der Waals surface area contributed by atoms with Crippen molar-refractivity contribution < 1.29 is 4.42 Å². The minimum absolute atomic E-state index is 0.0501. The molecule has 0 N–H and O–H groups in total. The van der Waals surface area contributed by atoms with E-state index in [0.717, 1.165) is 17.6 Å². The maximum Gasteiger partial charge on any atom is 0.135 e. The second-order valence-corrected chi connectivity index (χ2v) is 9.08. The summed E-state index contributed by atoms with van der Waals surface area (Å²) in [5.74, 6) is 0. The molecule has 0 saturated carbocycles. The smallest absolute Gasteiger partial charge is 0.135 e. The Labute approximate surface area is 176 Å². The summed E-state index contributed by atoms with van der Waals surface area (Å²) in [6, 6.07) is 24.3. The van der Waals surface area contributed by atoms with Crippen LogP contribution < -0.4 is 0 Å². The summed E-state index contributed by atoms with van der Waals surface area (Å²) in [5.41, 5.74) is 7.36. The van der Waals surface area contributed by atoms with Gasteiger partial charge in [0.05, 0.1) is 0 Å². The van der Waals surface area contributed by atoms with Gasteiger partial charge in [0.1, 0.15) is 11.2 Å². The summed E-state index contributed by atoms with van der Waals surface area (Å²) >= 11 is 0. The Bertz CT molecular complexity index is 1460. The van der Waals surface area contributed by atoms with Gasteiger partial charge in [0.15, 0.2) is 0 Å². The monoisotopic (exact) mass is 391 g/mol. The summed E-state index contributed by atoms with van der Waals surface area (Å²) in [6.45, 7) is 6.90. The van der Waals surface area contributed by atoms with Gasteiger partial charge in [0.2, 0.25) is 0 Å². The molecule has 2 nitrogen and oxygen atoms in total. The fourth-order valence-electron chi connectivity index (χ4n) is 5.24. The SMILES string of the molecule is CC(C)n1c2c(c3ccccc31)CC(C)(c1ccc3oc4ccccc4c3c1)C=C2. The molecule has 0 fully saturated rings. The lowest BCUT2D eigenvalue weighted by Crippen LogP contribution is -2.25. The number of rotatable bonds is 2.